The first-order chi connectivity index (χ1) is 22.9. The predicted octanol–water partition coefficient (Wildman–Crippen LogP) is 6.10. The number of rotatable bonds is 12. The van der Waals surface area contributed by atoms with Crippen molar-refractivity contribution in [3.05, 3.63) is 167 Å². The fourth-order valence-electron chi connectivity index (χ4n) is 6.59. The van der Waals surface area contributed by atoms with E-state index in [1.807, 2.05) is 121 Å². The van der Waals surface area contributed by atoms with Gasteiger partial charge in [0.05, 0.1) is 0 Å². The van der Waals surface area contributed by atoms with Crippen molar-refractivity contribution in [3.8, 4) is 0 Å². The monoisotopic (exact) mass is 660 g/mol. The van der Waals surface area contributed by atoms with Gasteiger partial charge in [0.25, 0.3) is 0 Å². The van der Waals surface area contributed by atoms with Crippen molar-refractivity contribution in [2.24, 2.45) is 0 Å². The second-order valence-corrected chi connectivity index (χ2v) is 15.8. The van der Waals surface area contributed by atoms with Gasteiger partial charge in [-0.15, -0.1) is 0 Å². The summed E-state index contributed by atoms with van der Waals surface area (Å²) in [4.78, 5) is 42.4. The SMILES string of the molecule is O=C(OCc1ccccc1[N+](=O)[O-])C(N1C(=O)CC1CC(=S)c1ccccc1)[PH](c1ccccc1)(c1ccccc1)c1ccccc1. The number of likely N-dealkylation sites (tertiary alicyclic amines) is 1. The fourth-order valence-corrected chi connectivity index (χ4v) is 12.2. The number of β-lactam (4-membered cyclic amide) rings is 1. The van der Waals surface area contributed by atoms with E-state index in [9.17, 15) is 19.7 Å². The molecule has 236 valence electrons. The first-order valence-electron chi connectivity index (χ1n) is 15.4. The summed E-state index contributed by atoms with van der Waals surface area (Å²) in [7, 11) is -3.48. The van der Waals surface area contributed by atoms with E-state index >= 15 is 0 Å². The quantitative estimate of drug-likeness (QED) is 0.0306. The van der Waals surface area contributed by atoms with Gasteiger partial charge in [0.1, 0.15) is 0 Å². The summed E-state index contributed by atoms with van der Waals surface area (Å²) in [6.07, 6.45) is 0.644. The molecule has 6 rings (SSSR count). The molecule has 0 aromatic heterocycles. The number of hydrogen-bond donors (Lipinski definition) is 0. The molecule has 47 heavy (non-hydrogen) atoms. The Balaban J connectivity index is 1.53. The van der Waals surface area contributed by atoms with Crippen molar-refractivity contribution in [2.75, 3.05) is 0 Å². The molecule has 0 aliphatic carbocycles. The fraction of sp³-hybridized carbons (Fsp3) is 0.132. The Morgan fingerprint density at radius 1 is 0.787 bits per heavy atom. The molecular formula is C38H33N2O5PS. The van der Waals surface area contributed by atoms with Crippen molar-refractivity contribution in [1.82, 2.24) is 4.90 Å². The van der Waals surface area contributed by atoms with E-state index in [0.717, 1.165) is 21.5 Å². The van der Waals surface area contributed by atoms with Crippen LogP contribution < -0.4 is 15.9 Å². The van der Waals surface area contributed by atoms with E-state index in [1.165, 1.54) is 6.07 Å². The molecule has 1 fully saturated rings. The predicted molar refractivity (Wildman–Crippen MR) is 191 cm³/mol. The molecule has 0 radical (unpaired) electrons. The number of carbonyl (C=O) groups excluding carboxylic acids is 2. The van der Waals surface area contributed by atoms with Crippen LogP contribution in [0.3, 0.4) is 0 Å². The zero-order chi connectivity index (χ0) is 32.8. The standard InChI is InChI=1S/C38H33N2O5PS/c41-36-26-30(25-35(47)28-15-5-1-6-16-28)39(36)37(38(42)45-27-29-17-13-14-24-34(29)40(43)44)46(31-18-7-2-8-19-31,32-20-9-3-10-21-32)33-22-11-4-12-23-33/h1-24,30,37,46H,25-27H2. The van der Waals surface area contributed by atoms with Crippen molar-refractivity contribution >= 4 is 57.8 Å². The number of nitro benzene ring substituents is 1. The van der Waals surface area contributed by atoms with Crippen LogP contribution in [0.1, 0.15) is 24.0 Å². The molecular weight excluding hydrogens is 627 g/mol. The number of benzene rings is 5. The second-order valence-electron chi connectivity index (χ2n) is 11.5. The summed E-state index contributed by atoms with van der Waals surface area (Å²) >= 11 is 5.86. The Labute approximate surface area is 279 Å². The van der Waals surface area contributed by atoms with E-state index < -0.39 is 23.9 Å². The van der Waals surface area contributed by atoms with Crippen LogP contribution in [-0.2, 0) is 20.9 Å². The third kappa shape index (κ3) is 6.35. The minimum atomic E-state index is -3.48. The summed E-state index contributed by atoms with van der Waals surface area (Å²) in [5, 5.41) is 14.6. The number of hydrogen-bond acceptors (Lipinski definition) is 6. The first kappa shape index (κ1) is 31.9. The van der Waals surface area contributed by atoms with Crippen molar-refractivity contribution in [3.63, 3.8) is 0 Å². The molecule has 0 spiro atoms. The first-order valence-corrected chi connectivity index (χ1v) is 17.8. The maximum absolute atomic E-state index is 14.9. The molecule has 1 aliphatic heterocycles. The average Bonchev–Trinajstić information content (AvgIpc) is 3.12. The number of amides is 1. The molecule has 0 saturated carbocycles. The molecule has 5 aromatic rings. The molecule has 1 amide bonds. The number of esters is 1. The number of ether oxygens (including phenoxy) is 1. The number of nitrogens with zero attached hydrogens (tertiary/aromatic N) is 2. The number of nitro groups is 1. The van der Waals surface area contributed by atoms with Crippen LogP contribution in [-0.4, -0.2) is 38.4 Å². The van der Waals surface area contributed by atoms with Crippen LogP contribution in [0.4, 0.5) is 5.69 Å². The van der Waals surface area contributed by atoms with E-state index in [4.69, 9.17) is 17.0 Å². The molecule has 1 aliphatic rings. The van der Waals surface area contributed by atoms with E-state index in [2.05, 4.69) is 0 Å². The third-order valence-electron chi connectivity index (χ3n) is 8.77. The summed E-state index contributed by atoms with van der Waals surface area (Å²) in [6, 6.07) is 45.1. The Morgan fingerprint density at radius 3 is 1.74 bits per heavy atom. The Hall–Kier alpha value is -5.04. The van der Waals surface area contributed by atoms with Crippen molar-refractivity contribution in [1.29, 1.82) is 0 Å². The van der Waals surface area contributed by atoms with E-state index in [1.54, 1.807) is 23.1 Å². The van der Waals surface area contributed by atoms with Gasteiger partial charge < -0.3 is 0 Å². The molecule has 9 heteroatoms. The molecule has 2 atom stereocenters. The van der Waals surface area contributed by atoms with Gasteiger partial charge >= 0.3 is 280 Å². The Morgan fingerprint density at radius 2 is 1.26 bits per heavy atom. The Kier molecular flexibility index (Phi) is 9.62. The van der Waals surface area contributed by atoms with Gasteiger partial charge in [0, 0.05) is 0 Å². The zero-order valence-corrected chi connectivity index (χ0v) is 27.3. The van der Waals surface area contributed by atoms with Gasteiger partial charge in [0.15, 0.2) is 0 Å². The topological polar surface area (TPSA) is 89.8 Å². The molecule has 7 nitrogen and oxygen atoms in total. The van der Waals surface area contributed by atoms with Gasteiger partial charge in [-0.1, -0.05) is 0 Å². The van der Waals surface area contributed by atoms with Crippen LogP contribution in [0, 0.1) is 10.1 Å². The average molecular weight is 661 g/mol. The minimum absolute atomic E-state index is 0.138. The molecule has 1 heterocycles. The Bertz CT molecular complexity index is 1790. The molecule has 2 unspecified atom stereocenters. The summed E-state index contributed by atoms with van der Waals surface area (Å²) in [5.41, 5.74) is 1.03. The van der Waals surface area contributed by atoms with Gasteiger partial charge in [-0.25, -0.2) is 0 Å². The molecule has 0 bridgehead atoms. The maximum atomic E-state index is 14.9. The number of thiocarbonyl (C=S) groups is 1. The van der Waals surface area contributed by atoms with E-state index in [-0.39, 0.29) is 36.2 Å². The summed E-state index contributed by atoms with van der Waals surface area (Å²) in [5.74, 6) is -1.82. The number of carbonyl (C=O) groups is 2. The van der Waals surface area contributed by atoms with Crippen LogP contribution in [0.2, 0.25) is 0 Å². The normalized spacial score (nSPS) is 15.3. The summed E-state index contributed by atoms with van der Waals surface area (Å²) in [6.45, 7) is -0.315. The second kappa shape index (κ2) is 14.2. The molecule has 0 N–H and O–H groups in total. The van der Waals surface area contributed by atoms with Crippen LogP contribution in [0.25, 0.3) is 0 Å². The van der Waals surface area contributed by atoms with Crippen molar-refractivity contribution in [2.45, 2.75) is 31.3 Å². The number of para-hydroxylation sites is 1. The molecule has 5 aromatic carbocycles. The molecule has 1 saturated heterocycles. The van der Waals surface area contributed by atoms with Gasteiger partial charge in [0.2, 0.25) is 0 Å². The van der Waals surface area contributed by atoms with Gasteiger partial charge in [-0.3, -0.25) is 0 Å². The van der Waals surface area contributed by atoms with Crippen LogP contribution >= 0.6 is 19.5 Å². The summed E-state index contributed by atoms with van der Waals surface area (Å²) < 4.78 is 6.06. The van der Waals surface area contributed by atoms with Gasteiger partial charge in [-0.2, -0.15) is 0 Å². The van der Waals surface area contributed by atoms with Crippen molar-refractivity contribution < 1.29 is 19.2 Å². The van der Waals surface area contributed by atoms with Crippen LogP contribution in [0.5, 0.6) is 0 Å². The zero-order valence-electron chi connectivity index (χ0n) is 25.5. The van der Waals surface area contributed by atoms with E-state index in [0.29, 0.717) is 11.3 Å². The van der Waals surface area contributed by atoms with Crippen LogP contribution in [0.15, 0.2) is 146 Å². The van der Waals surface area contributed by atoms with Gasteiger partial charge in [-0.05, 0) is 0 Å². The third-order valence-corrected chi connectivity index (χ3v) is 14.2.